The van der Waals surface area contributed by atoms with Crippen LogP contribution in [0.25, 0.3) is 0 Å². The Morgan fingerprint density at radius 1 is 1.33 bits per heavy atom. The van der Waals surface area contributed by atoms with Crippen LogP contribution < -0.4 is 11.1 Å². The van der Waals surface area contributed by atoms with Gasteiger partial charge in [-0.25, -0.2) is 9.97 Å². The van der Waals surface area contributed by atoms with E-state index in [0.717, 1.165) is 50.2 Å². The maximum atomic E-state index is 12.4. The fourth-order valence-electron chi connectivity index (χ4n) is 2.69. The molecule has 1 saturated carbocycles. The van der Waals surface area contributed by atoms with E-state index in [1.54, 1.807) is 0 Å². The smallest absolute Gasteiger partial charge is 0.244 e. The Bertz CT molecular complexity index is 549. The van der Waals surface area contributed by atoms with Crippen molar-refractivity contribution >= 4 is 17.5 Å². The highest BCUT2D eigenvalue weighted by atomic mass is 16.2. The van der Waals surface area contributed by atoms with Crippen LogP contribution in [0.15, 0.2) is 0 Å². The van der Waals surface area contributed by atoms with Gasteiger partial charge in [-0.05, 0) is 39.5 Å². The van der Waals surface area contributed by atoms with Crippen molar-refractivity contribution in [3.8, 4) is 0 Å². The minimum absolute atomic E-state index is 0.136. The van der Waals surface area contributed by atoms with E-state index in [4.69, 9.17) is 5.73 Å². The molecule has 114 valence electrons. The summed E-state index contributed by atoms with van der Waals surface area (Å²) in [6.07, 6.45) is 4.46. The van der Waals surface area contributed by atoms with Gasteiger partial charge in [0.25, 0.3) is 0 Å². The monoisotopic (exact) mass is 289 g/mol. The topological polar surface area (TPSA) is 84.1 Å². The van der Waals surface area contributed by atoms with E-state index in [9.17, 15) is 4.79 Å². The number of hydrogen-bond donors (Lipinski definition) is 2. The molecular formula is C15H23N5O. The highest BCUT2D eigenvalue weighted by Gasteiger charge is 2.29. The lowest BCUT2D eigenvalue weighted by Crippen LogP contribution is -2.40. The Morgan fingerprint density at radius 2 is 2.00 bits per heavy atom. The molecule has 1 aliphatic heterocycles. The number of carbonyl (C=O) groups is 1. The molecule has 1 aromatic heterocycles. The van der Waals surface area contributed by atoms with E-state index in [-0.39, 0.29) is 11.9 Å². The van der Waals surface area contributed by atoms with Gasteiger partial charge >= 0.3 is 0 Å². The molecule has 0 spiro atoms. The van der Waals surface area contributed by atoms with E-state index in [1.807, 2.05) is 18.7 Å². The number of anilines is 2. The SMILES string of the molecule is Cc1c(N)nc(C2CC2)nc1NC(C)C(=O)N1CCCC1. The van der Waals surface area contributed by atoms with Crippen LogP contribution in [-0.4, -0.2) is 39.9 Å². The lowest BCUT2D eigenvalue weighted by molar-refractivity contribution is -0.130. The summed E-state index contributed by atoms with van der Waals surface area (Å²) in [6, 6.07) is -0.289. The van der Waals surface area contributed by atoms with Gasteiger partial charge in [-0.15, -0.1) is 0 Å². The molecule has 0 aromatic carbocycles. The molecule has 3 N–H and O–H groups in total. The zero-order valence-corrected chi connectivity index (χ0v) is 12.7. The number of likely N-dealkylation sites (tertiary alicyclic amines) is 1. The number of aromatic nitrogens is 2. The second-order valence-corrected chi connectivity index (χ2v) is 6.11. The third-order valence-electron chi connectivity index (χ3n) is 4.28. The third-order valence-corrected chi connectivity index (χ3v) is 4.28. The van der Waals surface area contributed by atoms with Gasteiger partial charge in [0.1, 0.15) is 23.5 Å². The number of amides is 1. The first-order chi connectivity index (χ1) is 10.1. The Kier molecular flexibility index (Phi) is 3.69. The molecule has 0 bridgehead atoms. The van der Waals surface area contributed by atoms with E-state index >= 15 is 0 Å². The van der Waals surface area contributed by atoms with Gasteiger partial charge in [0.15, 0.2) is 0 Å². The molecule has 3 rings (SSSR count). The Balaban J connectivity index is 1.75. The van der Waals surface area contributed by atoms with Crippen LogP contribution in [0.3, 0.4) is 0 Å². The first-order valence-electron chi connectivity index (χ1n) is 7.75. The summed E-state index contributed by atoms with van der Waals surface area (Å²) in [4.78, 5) is 23.2. The van der Waals surface area contributed by atoms with Crippen molar-refractivity contribution in [2.75, 3.05) is 24.1 Å². The number of rotatable bonds is 4. The summed E-state index contributed by atoms with van der Waals surface area (Å²) in [7, 11) is 0. The Morgan fingerprint density at radius 3 is 2.62 bits per heavy atom. The summed E-state index contributed by atoms with van der Waals surface area (Å²) < 4.78 is 0. The van der Waals surface area contributed by atoms with E-state index in [1.165, 1.54) is 0 Å². The third kappa shape index (κ3) is 2.94. The van der Waals surface area contributed by atoms with Crippen LogP contribution in [0.2, 0.25) is 0 Å². The van der Waals surface area contributed by atoms with E-state index < -0.39 is 0 Å². The quantitative estimate of drug-likeness (QED) is 0.880. The van der Waals surface area contributed by atoms with Gasteiger partial charge in [-0.1, -0.05) is 0 Å². The van der Waals surface area contributed by atoms with Crippen LogP contribution in [0, 0.1) is 6.92 Å². The van der Waals surface area contributed by atoms with Crippen molar-refractivity contribution in [1.29, 1.82) is 0 Å². The molecule has 2 aliphatic rings. The van der Waals surface area contributed by atoms with Crippen LogP contribution in [0.5, 0.6) is 0 Å². The standard InChI is InChI=1S/C15H23N5O/c1-9-12(16)18-14(11-5-6-11)19-13(9)17-10(2)15(21)20-7-3-4-8-20/h10-11H,3-8H2,1-2H3,(H3,16,17,18,19). The van der Waals surface area contributed by atoms with Crippen LogP contribution in [-0.2, 0) is 4.79 Å². The summed E-state index contributed by atoms with van der Waals surface area (Å²) in [6.45, 7) is 5.50. The van der Waals surface area contributed by atoms with Gasteiger partial charge < -0.3 is 16.0 Å². The minimum Gasteiger partial charge on any atom is -0.383 e. The maximum absolute atomic E-state index is 12.4. The average molecular weight is 289 g/mol. The highest BCUT2D eigenvalue weighted by Crippen LogP contribution is 2.39. The minimum atomic E-state index is -0.289. The fraction of sp³-hybridized carbons (Fsp3) is 0.667. The number of nitrogens with one attached hydrogen (secondary N) is 1. The molecule has 6 heteroatoms. The zero-order chi connectivity index (χ0) is 15.0. The number of nitrogen functional groups attached to an aromatic ring is 1. The largest absolute Gasteiger partial charge is 0.383 e. The molecule has 1 atom stereocenters. The van der Waals surface area contributed by atoms with Gasteiger partial charge in [0.05, 0.1) is 0 Å². The van der Waals surface area contributed by atoms with Crippen LogP contribution in [0.1, 0.15) is 49.9 Å². The molecule has 2 heterocycles. The van der Waals surface area contributed by atoms with Crippen molar-refractivity contribution in [3.63, 3.8) is 0 Å². The summed E-state index contributed by atoms with van der Waals surface area (Å²) in [5.74, 6) is 2.59. The molecule has 1 amide bonds. The van der Waals surface area contributed by atoms with Crippen molar-refractivity contribution in [1.82, 2.24) is 14.9 Å². The molecule has 1 saturated heterocycles. The molecular weight excluding hydrogens is 266 g/mol. The fourth-order valence-corrected chi connectivity index (χ4v) is 2.69. The maximum Gasteiger partial charge on any atom is 0.244 e. The van der Waals surface area contributed by atoms with Gasteiger partial charge in [-0.2, -0.15) is 0 Å². The highest BCUT2D eigenvalue weighted by molar-refractivity contribution is 5.84. The summed E-state index contributed by atoms with van der Waals surface area (Å²) in [5, 5.41) is 3.23. The normalized spacial score (nSPS) is 19.6. The molecule has 2 fully saturated rings. The lowest BCUT2D eigenvalue weighted by Gasteiger charge is -2.22. The summed E-state index contributed by atoms with van der Waals surface area (Å²) >= 11 is 0. The number of nitrogens with zero attached hydrogens (tertiary/aromatic N) is 3. The Labute approximate surface area is 125 Å². The predicted octanol–water partition coefficient (Wildman–Crippen LogP) is 1.67. The molecule has 21 heavy (non-hydrogen) atoms. The summed E-state index contributed by atoms with van der Waals surface area (Å²) in [5.41, 5.74) is 6.79. The van der Waals surface area contributed by atoms with Crippen molar-refractivity contribution in [3.05, 3.63) is 11.4 Å². The van der Waals surface area contributed by atoms with Crippen molar-refractivity contribution in [2.24, 2.45) is 0 Å². The second-order valence-electron chi connectivity index (χ2n) is 6.11. The second kappa shape index (κ2) is 5.50. The first kappa shape index (κ1) is 14.1. The van der Waals surface area contributed by atoms with Gasteiger partial charge in [0, 0.05) is 24.6 Å². The first-order valence-corrected chi connectivity index (χ1v) is 7.75. The molecule has 1 unspecified atom stereocenters. The predicted molar refractivity (Wildman–Crippen MR) is 82.1 cm³/mol. The van der Waals surface area contributed by atoms with Crippen LogP contribution in [0.4, 0.5) is 11.6 Å². The Hall–Kier alpha value is -1.85. The number of nitrogens with two attached hydrogens (primary N) is 1. The zero-order valence-electron chi connectivity index (χ0n) is 12.7. The molecule has 1 aromatic rings. The van der Waals surface area contributed by atoms with E-state index in [0.29, 0.717) is 17.6 Å². The van der Waals surface area contributed by atoms with Crippen molar-refractivity contribution in [2.45, 2.75) is 51.5 Å². The lowest BCUT2D eigenvalue weighted by atomic mass is 10.2. The van der Waals surface area contributed by atoms with Crippen LogP contribution >= 0.6 is 0 Å². The number of hydrogen-bond acceptors (Lipinski definition) is 5. The molecule has 6 nitrogen and oxygen atoms in total. The molecule has 1 aliphatic carbocycles. The van der Waals surface area contributed by atoms with E-state index in [2.05, 4.69) is 15.3 Å². The van der Waals surface area contributed by atoms with Gasteiger partial charge in [0.2, 0.25) is 5.91 Å². The van der Waals surface area contributed by atoms with Crippen molar-refractivity contribution < 1.29 is 4.79 Å². The number of carbonyl (C=O) groups excluding carboxylic acids is 1. The average Bonchev–Trinajstić information content (AvgIpc) is 3.17. The molecule has 0 radical (unpaired) electrons. The van der Waals surface area contributed by atoms with Gasteiger partial charge in [-0.3, -0.25) is 4.79 Å².